The maximum Gasteiger partial charge on any atom is 0.191 e. The molecule has 146 valence electrons. The number of aromatic nitrogens is 3. The van der Waals surface area contributed by atoms with Gasteiger partial charge in [0.25, 0.3) is 0 Å². The first-order chi connectivity index (χ1) is 13.5. The molecule has 1 aromatic heterocycles. The second kappa shape index (κ2) is 9.12. The minimum absolute atomic E-state index is 0.00810. The number of benzene rings is 2. The Morgan fingerprint density at radius 1 is 1.11 bits per heavy atom. The van der Waals surface area contributed by atoms with Gasteiger partial charge in [0.1, 0.15) is 11.5 Å². The molecule has 1 atom stereocenters. The first kappa shape index (κ1) is 20.2. The van der Waals surface area contributed by atoms with Crippen LogP contribution in [0, 0.1) is 0 Å². The number of rotatable bonds is 8. The van der Waals surface area contributed by atoms with Gasteiger partial charge in [-0.15, -0.1) is 10.2 Å². The summed E-state index contributed by atoms with van der Waals surface area (Å²) >= 11 is 7.20. The number of carbonyl (C=O) groups is 1. The van der Waals surface area contributed by atoms with Gasteiger partial charge >= 0.3 is 0 Å². The topological polar surface area (TPSA) is 66.2 Å². The summed E-state index contributed by atoms with van der Waals surface area (Å²) in [5.41, 5.74) is 0.621. The molecule has 2 aromatic carbocycles. The predicted molar refractivity (Wildman–Crippen MR) is 110 cm³/mol. The zero-order chi connectivity index (χ0) is 20.1. The fraction of sp³-hybridized carbons (Fsp3) is 0.250. The van der Waals surface area contributed by atoms with Crippen molar-refractivity contribution < 1.29 is 14.3 Å². The quantitative estimate of drug-likeness (QED) is 0.394. The molecule has 0 N–H and O–H groups in total. The predicted octanol–water partition coefficient (Wildman–Crippen LogP) is 4.59. The minimum atomic E-state index is -0.299. The van der Waals surface area contributed by atoms with Crippen LogP contribution in [0.1, 0.15) is 29.2 Å². The number of halogens is 1. The summed E-state index contributed by atoms with van der Waals surface area (Å²) in [6.07, 6.45) is -0.299. The zero-order valence-corrected chi connectivity index (χ0v) is 17.3. The number of hydrogen-bond acceptors (Lipinski definition) is 6. The fourth-order valence-electron chi connectivity index (χ4n) is 2.57. The Morgan fingerprint density at radius 2 is 1.75 bits per heavy atom. The summed E-state index contributed by atoms with van der Waals surface area (Å²) < 4.78 is 12.9. The molecule has 1 heterocycles. The first-order valence-electron chi connectivity index (χ1n) is 8.59. The van der Waals surface area contributed by atoms with Gasteiger partial charge in [-0.3, -0.25) is 4.79 Å². The molecule has 0 aliphatic carbocycles. The Kier molecular flexibility index (Phi) is 6.59. The number of methoxy groups -OCH3 is 1. The summed E-state index contributed by atoms with van der Waals surface area (Å²) in [5.74, 6) is 2.43. The van der Waals surface area contributed by atoms with Gasteiger partial charge in [-0.2, -0.15) is 0 Å². The molecule has 0 saturated carbocycles. The SMILES string of the molecule is COc1ccc(OC(C)c2nnc(SCC(=O)c3ccc(Cl)cc3)n2C)cc1. The van der Waals surface area contributed by atoms with Crippen LogP contribution in [0.2, 0.25) is 5.02 Å². The van der Waals surface area contributed by atoms with E-state index in [0.29, 0.717) is 27.3 Å². The van der Waals surface area contributed by atoms with Crippen LogP contribution < -0.4 is 9.47 Å². The molecule has 0 aliphatic heterocycles. The van der Waals surface area contributed by atoms with Crippen molar-refractivity contribution >= 4 is 29.1 Å². The molecule has 8 heteroatoms. The second-order valence-electron chi connectivity index (χ2n) is 6.05. The maximum absolute atomic E-state index is 12.3. The molecule has 0 amide bonds. The molecule has 0 fully saturated rings. The normalized spacial score (nSPS) is 11.9. The number of ether oxygens (including phenoxy) is 2. The average Bonchev–Trinajstić information content (AvgIpc) is 3.08. The Hall–Kier alpha value is -2.51. The summed E-state index contributed by atoms with van der Waals surface area (Å²) in [5, 5.41) is 9.67. The third kappa shape index (κ3) is 4.85. The Bertz CT molecular complexity index is 942. The molecule has 0 spiro atoms. The standard InChI is InChI=1S/C20H20ClN3O3S/c1-13(27-17-10-8-16(26-3)9-11-17)19-22-23-20(24(19)2)28-12-18(25)14-4-6-15(21)7-5-14/h4-11,13H,12H2,1-3H3. The highest BCUT2D eigenvalue weighted by Crippen LogP contribution is 2.25. The van der Waals surface area contributed by atoms with Gasteiger partial charge < -0.3 is 14.0 Å². The molecule has 3 aromatic rings. The summed E-state index contributed by atoms with van der Waals surface area (Å²) in [6.45, 7) is 1.90. The molecule has 0 aliphatic rings. The highest BCUT2D eigenvalue weighted by atomic mass is 35.5. The first-order valence-corrected chi connectivity index (χ1v) is 9.96. The molecule has 3 rings (SSSR count). The lowest BCUT2D eigenvalue weighted by molar-refractivity contribution is 0.102. The monoisotopic (exact) mass is 417 g/mol. The Morgan fingerprint density at radius 3 is 2.39 bits per heavy atom. The highest BCUT2D eigenvalue weighted by Gasteiger charge is 2.18. The van der Waals surface area contributed by atoms with E-state index >= 15 is 0 Å². The van der Waals surface area contributed by atoms with E-state index in [4.69, 9.17) is 21.1 Å². The van der Waals surface area contributed by atoms with Crippen LogP contribution in [0.15, 0.2) is 53.7 Å². The van der Waals surface area contributed by atoms with Crippen molar-refractivity contribution in [1.82, 2.24) is 14.8 Å². The number of carbonyl (C=O) groups excluding carboxylic acids is 1. The van der Waals surface area contributed by atoms with Gasteiger partial charge in [0, 0.05) is 17.6 Å². The van der Waals surface area contributed by atoms with Crippen LogP contribution >= 0.6 is 23.4 Å². The van der Waals surface area contributed by atoms with Crippen molar-refractivity contribution in [1.29, 1.82) is 0 Å². The second-order valence-corrected chi connectivity index (χ2v) is 7.43. The number of hydrogen-bond donors (Lipinski definition) is 0. The van der Waals surface area contributed by atoms with Crippen LogP contribution in [0.25, 0.3) is 0 Å². The van der Waals surface area contributed by atoms with Crippen LogP contribution in [0.4, 0.5) is 0 Å². The van der Waals surface area contributed by atoms with Crippen LogP contribution in [-0.4, -0.2) is 33.4 Å². The third-order valence-corrected chi connectivity index (χ3v) is 5.38. The summed E-state index contributed by atoms with van der Waals surface area (Å²) in [4.78, 5) is 12.3. The smallest absolute Gasteiger partial charge is 0.191 e. The Balaban J connectivity index is 1.62. The third-order valence-electron chi connectivity index (χ3n) is 4.10. The van der Waals surface area contributed by atoms with E-state index in [0.717, 1.165) is 5.75 Å². The molecule has 0 bridgehead atoms. The van der Waals surface area contributed by atoms with Crippen molar-refractivity contribution in [2.45, 2.75) is 18.2 Å². The van der Waals surface area contributed by atoms with Crippen molar-refractivity contribution in [3.63, 3.8) is 0 Å². The number of ketones is 1. The largest absolute Gasteiger partial charge is 0.497 e. The average molecular weight is 418 g/mol. The molecule has 0 radical (unpaired) electrons. The molecule has 0 saturated heterocycles. The highest BCUT2D eigenvalue weighted by molar-refractivity contribution is 7.99. The van der Waals surface area contributed by atoms with Crippen molar-refractivity contribution in [2.24, 2.45) is 7.05 Å². The van der Waals surface area contributed by atoms with E-state index in [-0.39, 0.29) is 17.6 Å². The Labute approximate surface area is 172 Å². The lowest BCUT2D eigenvalue weighted by Gasteiger charge is -2.14. The van der Waals surface area contributed by atoms with Crippen LogP contribution in [-0.2, 0) is 7.05 Å². The fourth-order valence-corrected chi connectivity index (χ4v) is 3.50. The summed E-state index contributed by atoms with van der Waals surface area (Å²) in [6, 6.07) is 14.2. The molecular formula is C20H20ClN3O3S. The van der Waals surface area contributed by atoms with Crippen molar-refractivity contribution in [2.75, 3.05) is 12.9 Å². The van der Waals surface area contributed by atoms with Gasteiger partial charge in [-0.1, -0.05) is 23.4 Å². The van der Waals surface area contributed by atoms with Crippen molar-refractivity contribution in [3.8, 4) is 11.5 Å². The molecular weight excluding hydrogens is 398 g/mol. The lowest BCUT2D eigenvalue weighted by Crippen LogP contribution is -2.10. The molecule has 1 unspecified atom stereocenters. The van der Waals surface area contributed by atoms with Gasteiger partial charge in [0.05, 0.1) is 12.9 Å². The van der Waals surface area contributed by atoms with Crippen LogP contribution in [0.5, 0.6) is 11.5 Å². The van der Waals surface area contributed by atoms with Crippen LogP contribution in [0.3, 0.4) is 0 Å². The van der Waals surface area contributed by atoms with E-state index in [1.165, 1.54) is 11.8 Å². The lowest BCUT2D eigenvalue weighted by atomic mass is 10.1. The van der Waals surface area contributed by atoms with Gasteiger partial charge in [0.2, 0.25) is 0 Å². The zero-order valence-electron chi connectivity index (χ0n) is 15.8. The molecule has 28 heavy (non-hydrogen) atoms. The minimum Gasteiger partial charge on any atom is -0.497 e. The number of Topliss-reactive ketones (excluding diaryl/α,β-unsaturated/α-hetero) is 1. The maximum atomic E-state index is 12.3. The van der Waals surface area contributed by atoms with E-state index in [1.807, 2.05) is 42.8 Å². The van der Waals surface area contributed by atoms with Gasteiger partial charge in [-0.25, -0.2) is 0 Å². The summed E-state index contributed by atoms with van der Waals surface area (Å²) in [7, 11) is 3.48. The van der Waals surface area contributed by atoms with E-state index < -0.39 is 0 Å². The number of thioether (sulfide) groups is 1. The van der Waals surface area contributed by atoms with Gasteiger partial charge in [0.15, 0.2) is 22.9 Å². The number of nitrogens with zero attached hydrogens (tertiary/aromatic N) is 3. The van der Waals surface area contributed by atoms with E-state index in [2.05, 4.69) is 10.2 Å². The van der Waals surface area contributed by atoms with Gasteiger partial charge in [-0.05, 0) is 55.5 Å². The molecule has 6 nitrogen and oxygen atoms in total. The van der Waals surface area contributed by atoms with Crippen molar-refractivity contribution in [3.05, 3.63) is 64.9 Å². The van der Waals surface area contributed by atoms with E-state index in [9.17, 15) is 4.79 Å². The van der Waals surface area contributed by atoms with E-state index in [1.54, 1.807) is 31.4 Å².